The molecule has 0 aliphatic carbocycles. The van der Waals surface area contributed by atoms with Crippen LogP contribution < -0.4 is 14.4 Å². The summed E-state index contributed by atoms with van der Waals surface area (Å²) in [4.78, 5) is 32.3. The smallest absolute Gasteiger partial charge is 0.254 e. The third-order valence-electron chi connectivity index (χ3n) is 6.25. The number of benzene rings is 2. The molecular weight excluding hydrogens is 484 g/mol. The second-order valence-corrected chi connectivity index (χ2v) is 10.3. The summed E-state index contributed by atoms with van der Waals surface area (Å²) in [7, 11) is 4.78. The highest BCUT2D eigenvalue weighted by atomic mass is 35.5. The molecule has 0 spiro atoms. The number of anilines is 1. The number of rotatable bonds is 7. The number of fused-ring (bicyclic) bond motifs is 1. The summed E-state index contributed by atoms with van der Waals surface area (Å²) in [6.45, 7) is 4.69. The number of thiophene rings is 1. The Labute approximate surface area is 215 Å². The molecule has 2 heterocycles. The lowest BCUT2D eigenvalue weighted by Gasteiger charge is -2.43. The third-order valence-corrected chi connectivity index (χ3v) is 7.48. The maximum Gasteiger partial charge on any atom is 0.254 e. The first kappa shape index (κ1) is 25.1. The molecule has 3 aromatic rings. The van der Waals surface area contributed by atoms with Crippen molar-refractivity contribution in [3.8, 4) is 11.5 Å². The Morgan fingerprint density at radius 1 is 1.11 bits per heavy atom. The minimum Gasteiger partial charge on any atom is -0.495 e. The summed E-state index contributed by atoms with van der Waals surface area (Å²) >= 11 is 7.97. The van der Waals surface area contributed by atoms with Crippen LogP contribution in [0.1, 0.15) is 46.6 Å². The number of likely N-dealkylation sites (N-methyl/N-ethyl adjacent to an activating group) is 1. The molecule has 8 heteroatoms. The van der Waals surface area contributed by atoms with E-state index in [0.29, 0.717) is 34.3 Å². The maximum atomic E-state index is 14.3. The van der Waals surface area contributed by atoms with Crippen LogP contribution in [0.3, 0.4) is 0 Å². The zero-order valence-corrected chi connectivity index (χ0v) is 22.0. The molecule has 0 bridgehead atoms. The normalized spacial score (nSPS) is 17.3. The molecular formula is C27H29ClN2O4S. The van der Waals surface area contributed by atoms with E-state index < -0.39 is 12.0 Å². The number of halogens is 1. The summed E-state index contributed by atoms with van der Waals surface area (Å²) in [5.41, 5.74) is 1.82. The van der Waals surface area contributed by atoms with E-state index in [1.807, 2.05) is 40.6 Å². The summed E-state index contributed by atoms with van der Waals surface area (Å²) in [6, 6.07) is 14.3. The second kappa shape index (κ2) is 10.3. The largest absolute Gasteiger partial charge is 0.495 e. The molecule has 6 nitrogen and oxygen atoms in total. The molecule has 2 amide bonds. The molecule has 0 radical (unpaired) electrons. The fraction of sp³-hybridized carbons (Fsp3) is 0.333. The van der Waals surface area contributed by atoms with Crippen molar-refractivity contribution in [1.82, 2.24) is 4.90 Å². The molecule has 184 valence electrons. The van der Waals surface area contributed by atoms with E-state index in [9.17, 15) is 9.59 Å². The zero-order valence-electron chi connectivity index (χ0n) is 20.4. The molecule has 35 heavy (non-hydrogen) atoms. The van der Waals surface area contributed by atoms with Crippen molar-refractivity contribution in [1.29, 1.82) is 0 Å². The van der Waals surface area contributed by atoms with Gasteiger partial charge in [0.25, 0.3) is 5.91 Å². The van der Waals surface area contributed by atoms with Crippen LogP contribution >= 0.6 is 22.9 Å². The van der Waals surface area contributed by atoms with E-state index >= 15 is 0 Å². The van der Waals surface area contributed by atoms with Gasteiger partial charge in [0.05, 0.1) is 36.9 Å². The van der Waals surface area contributed by atoms with Gasteiger partial charge in [-0.1, -0.05) is 49.7 Å². The van der Waals surface area contributed by atoms with Crippen molar-refractivity contribution in [2.75, 3.05) is 32.7 Å². The minimum atomic E-state index is -0.600. The molecule has 4 rings (SSSR count). The first-order valence-electron chi connectivity index (χ1n) is 11.4. The summed E-state index contributed by atoms with van der Waals surface area (Å²) in [5, 5.41) is 2.35. The SMILES string of the molecule is COc1cc(OC)c(N(C)C(=O)[C@@H]2c3ccccc3C(=O)N(CC(C)C)[C@H]2c2cccs2)cc1Cl. The first-order valence-corrected chi connectivity index (χ1v) is 12.7. The number of carbonyl (C=O) groups is 2. The number of methoxy groups -OCH3 is 2. The monoisotopic (exact) mass is 512 g/mol. The number of carbonyl (C=O) groups excluding carboxylic acids is 2. The predicted molar refractivity (Wildman–Crippen MR) is 140 cm³/mol. The van der Waals surface area contributed by atoms with Crippen molar-refractivity contribution in [2.24, 2.45) is 5.92 Å². The van der Waals surface area contributed by atoms with Gasteiger partial charge in [-0.2, -0.15) is 0 Å². The number of hydrogen-bond donors (Lipinski definition) is 0. The zero-order chi connectivity index (χ0) is 25.3. The van der Waals surface area contributed by atoms with Gasteiger partial charge in [-0.3, -0.25) is 9.59 Å². The molecule has 2 atom stereocenters. The standard InChI is InChI=1S/C27H29ClN2O4S/c1-16(2)15-30-25(23-11-8-12-35-23)24(17-9-6-7-10-18(17)26(30)31)27(32)29(3)20-13-19(28)21(33-4)14-22(20)34-5/h6-14,16,24-25H,15H2,1-5H3/t24-,25+/m1/s1. The maximum absolute atomic E-state index is 14.3. The highest BCUT2D eigenvalue weighted by molar-refractivity contribution is 7.10. The summed E-state index contributed by atoms with van der Waals surface area (Å²) < 4.78 is 10.9. The molecule has 1 aliphatic heterocycles. The van der Waals surface area contributed by atoms with E-state index in [4.69, 9.17) is 21.1 Å². The molecule has 0 unspecified atom stereocenters. The Morgan fingerprint density at radius 2 is 1.83 bits per heavy atom. The van der Waals surface area contributed by atoms with E-state index in [1.54, 1.807) is 41.5 Å². The van der Waals surface area contributed by atoms with Crippen LogP contribution in [0.2, 0.25) is 5.02 Å². The Hall–Kier alpha value is -3.03. The van der Waals surface area contributed by atoms with Crippen LogP contribution in [0, 0.1) is 5.92 Å². The first-order chi connectivity index (χ1) is 16.8. The lowest BCUT2D eigenvalue weighted by Crippen LogP contribution is -2.48. The average molecular weight is 513 g/mol. The Morgan fingerprint density at radius 3 is 2.46 bits per heavy atom. The lowest BCUT2D eigenvalue weighted by molar-refractivity contribution is -0.121. The van der Waals surface area contributed by atoms with Crippen LogP contribution in [0.5, 0.6) is 11.5 Å². The van der Waals surface area contributed by atoms with Gasteiger partial charge >= 0.3 is 0 Å². The number of amides is 2. The molecule has 0 N–H and O–H groups in total. The molecule has 2 aromatic carbocycles. The van der Waals surface area contributed by atoms with Crippen molar-refractivity contribution in [3.05, 3.63) is 74.9 Å². The van der Waals surface area contributed by atoms with E-state index in [2.05, 4.69) is 13.8 Å². The van der Waals surface area contributed by atoms with Gasteiger partial charge in [0.15, 0.2) is 0 Å². The number of hydrogen-bond acceptors (Lipinski definition) is 5. The molecule has 1 aliphatic rings. The highest BCUT2D eigenvalue weighted by Gasteiger charge is 2.46. The molecule has 0 saturated carbocycles. The van der Waals surface area contributed by atoms with Crippen LogP contribution in [0.4, 0.5) is 5.69 Å². The average Bonchev–Trinajstić information content (AvgIpc) is 3.39. The van der Waals surface area contributed by atoms with E-state index in [0.717, 1.165) is 10.4 Å². The van der Waals surface area contributed by atoms with E-state index in [-0.39, 0.29) is 17.7 Å². The summed E-state index contributed by atoms with van der Waals surface area (Å²) in [5.74, 6) is 0.355. The van der Waals surface area contributed by atoms with Gasteiger partial charge in [-0.25, -0.2) is 0 Å². The Bertz CT molecular complexity index is 1230. The van der Waals surface area contributed by atoms with Crippen molar-refractivity contribution in [2.45, 2.75) is 25.8 Å². The summed E-state index contributed by atoms with van der Waals surface area (Å²) in [6.07, 6.45) is 0. The van der Waals surface area contributed by atoms with Crippen LogP contribution in [-0.2, 0) is 4.79 Å². The van der Waals surface area contributed by atoms with Crippen molar-refractivity contribution in [3.63, 3.8) is 0 Å². The number of ether oxygens (including phenoxy) is 2. The molecule has 1 aromatic heterocycles. The minimum absolute atomic E-state index is 0.0514. The molecule has 0 saturated heterocycles. The van der Waals surface area contributed by atoms with E-state index in [1.165, 1.54) is 14.2 Å². The predicted octanol–water partition coefficient (Wildman–Crippen LogP) is 6.02. The van der Waals surface area contributed by atoms with Gasteiger partial charge < -0.3 is 19.3 Å². The van der Waals surface area contributed by atoms with Gasteiger partial charge in [0, 0.05) is 30.1 Å². The Balaban J connectivity index is 1.87. The van der Waals surface area contributed by atoms with Crippen molar-refractivity contribution < 1.29 is 19.1 Å². The second-order valence-electron chi connectivity index (χ2n) is 8.93. The fourth-order valence-electron chi connectivity index (χ4n) is 4.66. The lowest BCUT2D eigenvalue weighted by atomic mass is 9.80. The van der Waals surface area contributed by atoms with Crippen LogP contribution in [0.25, 0.3) is 0 Å². The molecule has 0 fully saturated rings. The van der Waals surface area contributed by atoms with Gasteiger partial charge in [-0.15, -0.1) is 11.3 Å². The third kappa shape index (κ3) is 4.62. The van der Waals surface area contributed by atoms with Gasteiger partial charge in [-0.05, 0) is 35.1 Å². The number of nitrogens with zero attached hydrogens (tertiary/aromatic N) is 2. The highest BCUT2D eigenvalue weighted by Crippen LogP contribution is 2.47. The van der Waals surface area contributed by atoms with Crippen LogP contribution in [-0.4, -0.2) is 44.5 Å². The topological polar surface area (TPSA) is 59.1 Å². The van der Waals surface area contributed by atoms with Crippen molar-refractivity contribution >= 4 is 40.4 Å². The van der Waals surface area contributed by atoms with Gasteiger partial charge in [0.2, 0.25) is 5.91 Å². The fourth-order valence-corrected chi connectivity index (χ4v) is 5.77. The van der Waals surface area contributed by atoms with Crippen LogP contribution in [0.15, 0.2) is 53.9 Å². The quantitative estimate of drug-likeness (QED) is 0.388. The van der Waals surface area contributed by atoms with Gasteiger partial charge in [0.1, 0.15) is 11.5 Å². The Kier molecular flexibility index (Phi) is 7.38.